The highest BCUT2D eigenvalue weighted by Gasteiger charge is 2.57. The second-order valence-corrected chi connectivity index (χ2v) is 13.2. The highest BCUT2D eigenvalue weighted by molar-refractivity contribution is 9.10. The summed E-state index contributed by atoms with van der Waals surface area (Å²) in [5.41, 5.74) is 1.22. The van der Waals surface area contributed by atoms with Gasteiger partial charge in [-0.05, 0) is 61.2 Å². The molecule has 1 aromatic heterocycles. The second-order valence-electron chi connectivity index (χ2n) is 10.2. The lowest BCUT2D eigenvalue weighted by atomic mass is 9.83. The minimum absolute atomic E-state index is 0.0910. The number of fused-ring (bicyclic) bond motifs is 2. The Bertz CT molecular complexity index is 1580. The number of carbonyl (C=O) groups excluding carboxylic acids is 3. The number of benzene rings is 2. The van der Waals surface area contributed by atoms with Gasteiger partial charge in [0.05, 0.1) is 30.9 Å². The summed E-state index contributed by atoms with van der Waals surface area (Å²) < 4.78 is 13.3. The standard InChI is InChI=1S/C29H28BrN3O6S2/c1-38-19-11-6-16(14-20(19)39-2)22-23-24(27(36)33(26(23)35)18-9-7-17(30)8-10-18)40-28-25(22)41-29(37)32(28)15-21(34)31-12-4-3-5-13-31/h6-11,14,22-24H,3-5,12-13,15H2,1-2H3/t22-,23?,24?/m1/s1. The lowest BCUT2D eigenvalue weighted by molar-refractivity contribution is -0.133. The van der Waals surface area contributed by atoms with Crippen LogP contribution in [0.3, 0.4) is 0 Å². The number of thiazole rings is 1. The zero-order valence-corrected chi connectivity index (χ0v) is 25.7. The number of carbonyl (C=O) groups is 3. The van der Waals surface area contributed by atoms with Crippen LogP contribution in [-0.4, -0.2) is 59.7 Å². The van der Waals surface area contributed by atoms with Crippen molar-refractivity contribution in [1.82, 2.24) is 9.47 Å². The van der Waals surface area contributed by atoms with Gasteiger partial charge in [0, 0.05) is 28.4 Å². The van der Waals surface area contributed by atoms with Crippen LogP contribution >= 0.6 is 39.0 Å². The SMILES string of the molecule is COc1ccc([C@H]2c3sc(=O)n(CC(=O)N4CCCCC4)c3SC3C(=O)N(c4ccc(Br)cc4)C(=O)C32)cc1OC. The smallest absolute Gasteiger partial charge is 0.308 e. The van der Waals surface area contributed by atoms with Gasteiger partial charge in [-0.25, -0.2) is 4.90 Å². The van der Waals surface area contributed by atoms with E-state index < -0.39 is 17.1 Å². The minimum Gasteiger partial charge on any atom is -0.493 e. The van der Waals surface area contributed by atoms with Gasteiger partial charge < -0.3 is 14.4 Å². The maximum atomic E-state index is 14.1. The molecule has 0 saturated carbocycles. The number of methoxy groups -OCH3 is 2. The number of aromatic nitrogens is 1. The summed E-state index contributed by atoms with van der Waals surface area (Å²) in [6, 6.07) is 12.4. The highest BCUT2D eigenvalue weighted by Crippen LogP contribution is 2.54. The summed E-state index contributed by atoms with van der Waals surface area (Å²) in [5, 5.41) is -0.188. The van der Waals surface area contributed by atoms with E-state index in [0.29, 0.717) is 40.2 Å². The molecule has 3 aliphatic heterocycles. The molecule has 6 rings (SSSR count). The number of hydrogen-bond acceptors (Lipinski definition) is 8. The van der Waals surface area contributed by atoms with E-state index in [9.17, 15) is 19.2 Å². The van der Waals surface area contributed by atoms with Crippen LogP contribution in [0.1, 0.15) is 35.6 Å². The third-order valence-electron chi connectivity index (χ3n) is 7.90. The normalized spacial score (nSPS) is 22.0. The van der Waals surface area contributed by atoms with Gasteiger partial charge in [0.2, 0.25) is 17.7 Å². The van der Waals surface area contributed by atoms with E-state index in [-0.39, 0.29) is 29.1 Å². The van der Waals surface area contributed by atoms with Gasteiger partial charge in [-0.2, -0.15) is 0 Å². The van der Waals surface area contributed by atoms with Crippen LogP contribution in [0.2, 0.25) is 0 Å². The van der Waals surface area contributed by atoms with Gasteiger partial charge in [0.15, 0.2) is 11.5 Å². The molecule has 2 saturated heterocycles. The monoisotopic (exact) mass is 657 g/mol. The summed E-state index contributed by atoms with van der Waals surface area (Å²) in [6.45, 7) is 1.27. The first-order valence-electron chi connectivity index (χ1n) is 13.4. The lowest BCUT2D eigenvalue weighted by Gasteiger charge is -2.31. The summed E-state index contributed by atoms with van der Waals surface area (Å²) in [4.78, 5) is 58.0. The second kappa shape index (κ2) is 11.3. The van der Waals surface area contributed by atoms with Gasteiger partial charge in [-0.3, -0.25) is 23.7 Å². The summed E-state index contributed by atoms with van der Waals surface area (Å²) in [7, 11) is 3.08. The van der Waals surface area contributed by atoms with Crippen LogP contribution in [0.15, 0.2) is 56.8 Å². The number of halogens is 1. The Labute approximate surface area is 253 Å². The van der Waals surface area contributed by atoms with Gasteiger partial charge in [-0.1, -0.05) is 45.1 Å². The first-order chi connectivity index (χ1) is 19.8. The molecule has 12 heteroatoms. The van der Waals surface area contributed by atoms with Gasteiger partial charge in [-0.15, -0.1) is 0 Å². The highest BCUT2D eigenvalue weighted by atomic mass is 79.9. The van der Waals surface area contributed by atoms with E-state index >= 15 is 0 Å². The number of rotatable bonds is 6. The van der Waals surface area contributed by atoms with E-state index in [1.807, 2.05) is 11.0 Å². The Hall–Kier alpha value is -3.09. The van der Waals surface area contributed by atoms with Crippen molar-refractivity contribution >= 4 is 62.4 Å². The maximum absolute atomic E-state index is 14.1. The summed E-state index contributed by atoms with van der Waals surface area (Å²) >= 11 is 5.67. The number of thioether (sulfide) groups is 1. The largest absolute Gasteiger partial charge is 0.493 e. The molecule has 0 bridgehead atoms. The van der Waals surface area contributed by atoms with Crippen LogP contribution in [0.5, 0.6) is 11.5 Å². The number of ether oxygens (including phenoxy) is 2. The van der Waals surface area contributed by atoms with Gasteiger partial charge in [0.25, 0.3) is 0 Å². The van der Waals surface area contributed by atoms with E-state index in [0.717, 1.165) is 40.6 Å². The van der Waals surface area contributed by atoms with Crippen LogP contribution in [0, 0.1) is 5.92 Å². The molecular weight excluding hydrogens is 630 g/mol. The van der Waals surface area contributed by atoms with Gasteiger partial charge in [0.1, 0.15) is 11.8 Å². The Balaban J connectivity index is 1.46. The average Bonchev–Trinajstić information content (AvgIpc) is 3.43. The van der Waals surface area contributed by atoms with Crippen molar-refractivity contribution in [1.29, 1.82) is 0 Å². The molecule has 4 heterocycles. The first-order valence-corrected chi connectivity index (χ1v) is 15.8. The molecule has 3 aromatic rings. The number of piperidine rings is 1. The minimum atomic E-state index is -0.762. The third-order valence-corrected chi connectivity index (χ3v) is 11.0. The molecule has 0 radical (unpaired) electrons. The van der Waals surface area contributed by atoms with E-state index in [2.05, 4.69) is 15.9 Å². The van der Waals surface area contributed by atoms with Crippen molar-refractivity contribution < 1.29 is 23.9 Å². The predicted octanol–water partition coefficient (Wildman–Crippen LogP) is 4.50. The molecular formula is C29H28BrN3O6S2. The molecule has 0 spiro atoms. The fourth-order valence-electron chi connectivity index (χ4n) is 5.88. The fraction of sp³-hybridized carbons (Fsp3) is 0.379. The molecule has 9 nitrogen and oxygen atoms in total. The average molecular weight is 659 g/mol. The number of amides is 3. The summed E-state index contributed by atoms with van der Waals surface area (Å²) in [6.07, 6.45) is 2.99. The first kappa shape index (κ1) is 28.0. The molecule has 3 atom stereocenters. The number of imide groups is 1. The maximum Gasteiger partial charge on any atom is 0.308 e. The Morgan fingerprint density at radius 1 is 0.951 bits per heavy atom. The van der Waals surface area contributed by atoms with Crippen molar-refractivity contribution in [3.8, 4) is 11.5 Å². The van der Waals surface area contributed by atoms with Crippen LogP contribution in [-0.2, 0) is 20.9 Å². The van der Waals surface area contributed by atoms with Crippen LogP contribution in [0.25, 0.3) is 0 Å². The molecule has 3 amide bonds. The fourth-order valence-corrected chi connectivity index (χ4v) is 8.92. The van der Waals surface area contributed by atoms with Crippen molar-refractivity contribution in [2.75, 3.05) is 32.2 Å². The van der Waals surface area contributed by atoms with Crippen molar-refractivity contribution in [3.05, 3.63) is 67.0 Å². The predicted molar refractivity (Wildman–Crippen MR) is 160 cm³/mol. The topological polar surface area (TPSA) is 98.1 Å². The van der Waals surface area contributed by atoms with Gasteiger partial charge >= 0.3 is 4.87 Å². The molecule has 214 valence electrons. The molecule has 3 aliphatic rings. The zero-order chi connectivity index (χ0) is 28.8. The number of likely N-dealkylation sites (tertiary alicyclic amines) is 1. The Kier molecular flexibility index (Phi) is 7.73. The zero-order valence-electron chi connectivity index (χ0n) is 22.5. The molecule has 2 unspecified atom stereocenters. The van der Waals surface area contributed by atoms with E-state index in [4.69, 9.17) is 9.47 Å². The summed E-state index contributed by atoms with van der Waals surface area (Å²) in [5.74, 6) is -1.09. The Morgan fingerprint density at radius 3 is 2.34 bits per heavy atom. The quantitative estimate of drug-likeness (QED) is 0.360. The molecule has 2 aromatic carbocycles. The van der Waals surface area contributed by atoms with Crippen molar-refractivity contribution in [2.24, 2.45) is 5.92 Å². The number of hydrogen-bond donors (Lipinski definition) is 0. The van der Waals surface area contributed by atoms with Crippen molar-refractivity contribution in [2.45, 2.75) is 42.0 Å². The van der Waals surface area contributed by atoms with E-state index in [1.54, 1.807) is 43.5 Å². The van der Waals surface area contributed by atoms with Crippen molar-refractivity contribution in [3.63, 3.8) is 0 Å². The number of anilines is 1. The number of nitrogens with zero attached hydrogens (tertiary/aromatic N) is 3. The van der Waals surface area contributed by atoms with Crippen LogP contribution < -0.4 is 19.2 Å². The molecule has 2 fully saturated rings. The Morgan fingerprint density at radius 2 is 1.66 bits per heavy atom. The third kappa shape index (κ3) is 4.89. The molecule has 41 heavy (non-hydrogen) atoms. The van der Waals surface area contributed by atoms with E-state index in [1.165, 1.54) is 28.3 Å². The molecule has 0 aliphatic carbocycles. The molecule has 0 N–H and O–H groups in total. The van der Waals surface area contributed by atoms with Crippen LogP contribution in [0.4, 0.5) is 5.69 Å². The lowest BCUT2D eigenvalue weighted by Crippen LogP contribution is -2.39.